The number of alkyl halides is 6. The second-order valence-corrected chi connectivity index (χ2v) is 34.2. The lowest BCUT2D eigenvalue weighted by Crippen LogP contribution is -2.29. The van der Waals surface area contributed by atoms with E-state index in [4.69, 9.17) is 68.0 Å². The standard InChI is InChI=1S/2C20H21FN2O.C20H25NO2.C17H17Cl2N.C17H18F3NO.C15H21F3N2O2.ClH/c2*1-23(2)11-3-10-20(17-5-7-18(21)8-6-17)19-9-4-15(13-22)12-16(19)14-24-20;1-3-21(4-2)15-16-23-20(22)19(17-11-7-5-8-12-17)18-13-9-6-10-14-18;1-20-17-9-7-12(13-4-2-3-5-14(13)17)11-6-8-15(18)16(19)10-11;1-21-12-11-16(13-5-3-2-4-6-13)22-15-9-7-14(8-10-15)17(18,19)20;1-21-10-3-2-4-14(20-22-11-9-19)12-5-7-13(8-6-12)15(16,17)18;/h2*4-9,12H,3,10-11,14H2,1-2H3;5-14,19H,3-4,15-16H2,1-2H3;2-6,8,10,12,17,20H,7,9H2,1H3;2-10,16,21H,11-12H2,1H3;5-8H,2-4,9-11,19H2,1H3;1H/b;;;;;20-14+;/t20-;;;12-,17-;;;/m0..0.../s1. The second-order valence-electron chi connectivity index (χ2n) is 33.4. The number of halogens is 11. The van der Waals surface area contributed by atoms with Gasteiger partial charge >= 0.3 is 18.3 Å². The van der Waals surface area contributed by atoms with Gasteiger partial charge in [-0.15, -0.1) is 12.4 Å². The first kappa shape index (κ1) is 110. The molecular formula is C109H124Cl3F8N9O7. The van der Waals surface area contributed by atoms with E-state index in [1.807, 2.05) is 182 Å². The van der Waals surface area contributed by atoms with Crippen LogP contribution in [0.15, 0.2) is 272 Å². The smallest absolute Gasteiger partial charge is 0.416 e. The predicted molar refractivity (Wildman–Crippen MR) is 527 cm³/mol. The quantitative estimate of drug-likeness (QED) is 0.0112. The third kappa shape index (κ3) is 32.6. The molecule has 5 atom stereocenters. The third-order valence-electron chi connectivity index (χ3n) is 23.6. The summed E-state index contributed by atoms with van der Waals surface area (Å²) in [7, 11) is 13.7. The molecule has 0 spiro atoms. The Kier molecular flexibility index (Phi) is 45.5. The molecule has 16 nitrogen and oxygen atoms in total. The van der Waals surface area contributed by atoms with Gasteiger partial charge in [0, 0.05) is 45.2 Å². The molecule has 0 radical (unpaired) electrons. The highest BCUT2D eigenvalue weighted by molar-refractivity contribution is 6.42. The van der Waals surface area contributed by atoms with Crippen LogP contribution >= 0.6 is 35.6 Å². The number of likely N-dealkylation sites (N-methyl/N-ethyl adjacent to an activating group) is 1. The van der Waals surface area contributed by atoms with Crippen molar-refractivity contribution in [1.29, 1.82) is 10.5 Å². The van der Waals surface area contributed by atoms with Gasteiger partial charge in [0.25, 0.3) is 0 Å². The summed E-state index contributed by atoms with van der Waals surface area (Å²) >= 11 is 12.2. The summed E-state index contributed by atoms with van der Waals surface area (Å²) in [6.45, 7) is 12.2. The van der Waals surface area contributed by atoms with Crippen LogP contribution < -0.4 is 21.1 Å². The number of carbonyl (C=O) groups is 1. The zero-order chi connectivity index (χ0) is 97.3. The monoisotopic (exact) mass is 1930 g/mol. The number of carbonyl (C=O) groups excluding carboxylic acids is 1. The van der Waals surface area contributed by atoms with Crippen LogP contribution in [0.5, 0.6) is 5.75 Å². The predicted octanol–water partition coefficient (Wildman–Crippen LogP) is 24.6. The van der Waals surface area contributed by atoms with E-state index >= 15 is 0 Å². The van der Waals surface area contributed by atoms with Crippen molar-refractivity contribution in [2.75, 3.05) is 115 Å². The molecule has 136 heavy (non-hydrogen) atoms. The number of rotatable bonds is 35. The molecule has 0 bridgehead atoms. The molecule has 11 aromatic rings. The van der Waals surface area contributed by atoms with Crippen molar-refractivity contribution in [3.63, 3.8) is 0 Å². The number of nitrogens with zero attached hydrogens (tertiary/aromatic N) is 6. The summed E-state index contributed by atoms with van der Waals surface area (Å²) in [5, 5.41) is 29.9. The Labute approximate surface area is 812 Å². The molecule has 3 aliphatic rings. The first-order valence-corrected chi connectivity index (χ1v) is 46.3. The number of hydrogen-bond acceptors (Lipinski definition) is 16. The van der Waals surface area contributed by atoms with E-state index < -0.39 is 34.7 Å². The van der Waals surface area contributed by atoms with E-state index in [0.29, 0.717) is 89.5 Å². The van der Waals surface area contributed by atoms with Crippen molar-refractivity contribution >= 4 is 47.3 Å². The number of nitriles is 2. The Morgan fingerprint density at radius 1 is 0.566 bits per heavy atom. The van der Waals surface area contributed by atoms with E-state index in [2.05, 4.69) is 86.8 Å². The maximum atomic E-state index is 13.4. The van der Waals surface area contributed by atoms with Crippen molar-refractivity contribution in [2.45, 2.75) is 139 Å². The normalized spacial score (nSPS) is 15.9. The summed E-state index contributed by atoms with van der Waals surface area (Å²) in [5.74, 6) is -0.215. The molecule has 27 heteroatoms. The summed E-state index contributed by atoms with van der Waals surface area (Å²) in [6, 6.07) is 83.0. The van der Waals surface area contributed by atoms with E-state index in [9.17, 15) is 39.9 Å². The number of hydrogen-bond donors (Lipinski definition) is 3. The number of fused-ring (bicyclic) bond motifs is 3. The molecular weight excluding hydrogens is 1810 g/mol. The Balaban J connectivity index is 0.000000200. The molecule has 0 amide bonds. The molecule has 2 aliphatic heterocycles. The highest BCUT2D eigenvalue weighted by atomic mass is 35.5. The minimum Gasteiger partial charge on any atom is -0.486 e. The average Bonchev–Trinajstić information content (AvgIpc) is 1.60. The molecule has 2 heterocycles. The van der Waals surface area contributed by atoms with Gasteiger partial charge in [0.15, 0.2) is 0 Å². The fourth-order valence-electron chi connectivity index (χ4n) is 16.6. The molecule has 0 fully saturated rings. The van der Waals surface area contributed by atoms with Crippen LogP contribution in [0, 0.1) is 34.3 Å². The van der Waals surface area contributed by atoms with Gasteiger partial charge in [0.1, 0.15) is 53.8 Å². The molecule has 11 aromatic carbocycles. The number of oxime groups is 1. The Bertz CT molecular complexity index is 5350. The van der Waals surface area contributed by atoms with Gasteiger partial charge in [-0.3, -0.25) is 4.79 Å². The number of unbranched alkanes of at least 4 members (excludes halogenated alkanes) is 1. The van der Waals surface area contributed by atoms with Gasteiger partial charge in [-0.25, -0.2) is 8.78 Å². The molecule has 0 aromatic heterocycles. The van der Waals surface area contributed by atoms with Crippen LogP contribution in [0.4, 0.5) is 35.1 Å². The molecule has 0 saturated carbocycles. The largest absolute Gasteiger partial charge is 0.486 e. The van der Waals surface area contributed by atoms with Gasteiger partial charge in [-0.05, 0) is 302 Å². The number of nitrogens with one attached hydrogen (secondary N) is 2. The van der Waals surface area contributed by atoms with E-state index in [-0.39, 0.29) is 48.6 Å². The minimum absolute atomic E-state index is 0. The van der Waals surface area contributed by atoms with Crippen LogP contribution in [0.1, 0.15) is 197 Å². The van der Waals surface area contributed by atoms with Crippen molar-refractivity contribution in [2.24, 2.45) is 10.9 Å². The van der Waals surface area contributed by atoms with Gasteiger partial charge in [-0.2, -0.15) is 36.9 Å². The molecule has 1 aliphatic carbocycles. The van der Waals surface area contributed by atoms with Gasteiger partial charge in [0.05, 0.1) is 63.4 Å². The zero-order valence-corrected chi connectivity index (χ0v) is 80.9. The topological polar surface area (TPSA) is 192 Å². The summed E-state index contributed by atoms with van der Waals surface area (Å²) in [4.78, 5) is 24.3. The van der Waals surface area contributed by atoms with Crippen molar-refractivity contribution < 1.29 is 68.4 Å². The lowest BCUT2D eigenvalue weighted by atomic mass is 9.77. The van der Waals surface area contributed by atoms with E-state index in [1.54, 1.807) is 31.4 Å². The first-order valence-electron chi connectivity index (χ1n) is 45.5. The number of ether oxygens (including phenoxy) is 5. The second kappa shape index (κ2) is 56.1. The van der Waals surface area contributed by atoms with Crippen molar-refractivity contribution in [3.8, 4) is 17.9 Å². The number of nitrogens with two attached hydrogens (primary N) is 1. The van der Waals surface area contributed by atoms with Gasteiger partial charge < -0.3 is 59.6 Å². The first-order chi connectivity index (χ1) is 65.0. The minimum atomic E-state index is -4.34. The summed E-state index contributed by atoms with van der Waals surface area (Å²) in [6.07, 6.45) is -0.0929. The lowest BCUT2D eigenvalue weighted by Gasteiger charge is -2.32. The summed E-state index contributed by atoms with van der Waals surface area (Å²) < 4.78 is 131. The zero-order valence-electron chi connectivity index (χ0n) is 78.6. The summed E-state index contributed by atoms with van der Waals surface area (Å²) in [5.41, 5.74) is 18.5. The van der Waals surface area contributed by atoms with Gasteiger partial charge in [0.2, 0.25) is 0 Å². The van der Waals surface area contributed by atoms with Gasteiger partial charge in [-0.1, -0.05) is 212 Å². The number of benzene rings is 11. The maximum absolute atomic E-state index is 13.4. The Morgan fingerprint density at radius 3 is 1.50 bits per heavy atom. The Morgan fingerprint density at radius 2 is 1.05 bits per heavy atom. The fraction of sp³-hybridized carbons (Fsp3) is 0.358. The highest BCUT2D eigenvalue weighted by Crippen LogP contribution is 2.49. The fourth-order valence-corrected chi connectivity index (χ4v) is 16.9. The number of esters is 1. The van der Waals surface area contributed by atoms with E-state index in [0.717, 1.165) is 171 Å². The lowest BCUT2D eigenvalue weighted by molar-refractivity contribution is -0.145. The molecule has 0 saturated heterocycles. The molecule has 2 unspecified atom stereocenters. The maximum Gasteiger partial charge on any atom is 0.416 e. The highest BCUT2D eigenvalue weighted by Gasteiger charge is 2.44. The van der Waals surface area contributed by atoms with Crippen LogP contribution in [0.25, 0.3) is 0 Å². The van der Waals surface area contributed by atoms with Crippen LogP contribution in [-0.4, -0.2) is 141 Å². The SMILES string of the molecule is CCN(CC)CCOC(=O)C(c1ccccc1)c1ccccc1.CN(C)CCCC1(c2ccc(F)cc2)OCc2cc(C#N)ccc21.CN(C)CCC[C@@]1(c2ccc(F)cc2)OCc2cc(C#N)ccc21.CNCCC(Oc1ccc(C(F)(F)F)cc1)c1ccccc1.CN[C@H]1CC[C@@H](c2ccc(Cl)c(Cl)c2)c2ccccc21.COCCCC/C(=N\OCCN)c1ccc(C(F)(F)F)cc1.Cl. The van der Waals surface area contributed by atoms with Crippen LogP contribution in [-0.2, 0) is 65.3 Å². The van der Waals surface area contributed by atoms with E-state index in [1.165, 1.54) is 65.2 Å². The molecule has 724 valence electrons. The Hall–Kier alpha value is -10.9. The number of methoxy groups -OCH3 is 1. The molecule has 4 N–H and O–H groups in total. The van der Waals surface area contributed by atoms with Crippen LogP contribution in [0.2, 0.25) is 10.0 Å². The molecule has 14 rings (SSSR count). The van der Waals surface area contributed by atoms with Crippen LogP contribution in [0.3, 0.4) is 0 Å². The third-order valence-corrected chi connectivity index (χ3v) is 24.4. The van der Waals surface area contributed by atoms with Crippen molar-refractivity contribution in [1.82, 2.24) is 25.3 Å². The average molecular weight is 1930 g/mol. The van der Waals surface area contributed by atoms with Crippen molar-refractivity contribution in [3.05, 3.63) is 383 Å².